The smallest absolute Gasteiger partial charge is 0.263 e. The summed E-state index contributed by atoms with van der Waals surface area (Å²) in [6.45, 7) is 0. The summed E-state index contributed by atoms with van der Waals surface area (Å²) in [6, 6.07) is 13.0. The number of anilines is 1. The first-order valence-electron chi connectivity index (χ1n) is 9.27. The molecule has 144 valence electrons. The molecule has 6 heteroatoms. The van der Waals surface area contributed by atoms with E-state index in [1.165, 1.54) is 7.11 Å². The molecule has 0 saturated carbocycles. The van der Waals surface area contributed by atoms with Crippen molar-refractivity contribution in [1.82, 2.24) is 4.90 Å². The van der Waals surface area contributed by atoms with Crippen molar-refractivity contribution < 1.29 is 19.1 Å². The standard InChI is InChI=1S/C22H22N2O4/c1-27-16-10-11-17(19(14-16)28-2)22(26)23-13-12-20(23)24-18-8-4-3-6-15(18)7-5-9-21(24)25/h3-4,6,8,10-14,20H,5,7,9H2,1-2H3. The average Bonchev–Trinajstić information content (AvgIpc) is 2.86. The van der Waals surface area contributed by atoms with Crippen LogP contribution in [0.25, 0.3) is 0 Å². The second-order valence-corrected chi connectivity index (χ2v) is 6.78. The van der Waals surface area contributed by atoms with Crippen LogP contribution in [0.2, 0.25) is 0 Å². The lowest BCUT2D eigenvalue weighted by Crippen LogP contribution is -2.54. The molecule has 1 atom stereocenters. The molecule has 1 unspecified atom stereocenters. The van der Waals surface area contributed by atoms with Crippen molar-refractivity contribution in [2.24, 2.45) is 0 Å². The molecule has 2 aliphatic heterocycles. The lowest BCUT2D eigenvalue weighted by atomic mass is 10.1. The third-order valence-electron chi connectivity index (χ3n) is 5.20. The van der Waals surface area contributed by atoms with Gasteiger partial charge in [-0.1, -0.05) is 18.2 Å². The Kier molecular flexibility index (Phi) is 4.77. The van der Waals surface area contributed by atoms with Gasteiger partial charge in [0, 0.05) is 24.4 Å². The summed E-state index contributed by atoms with van der Waals surface area (Å²) in [4.78, 5) is 29.3. The van der Waals surface area contributed by atoms with Crippen LogP contribution in [-0.4, -0.2) is 37.1 Å². The van der Waals surface area contributed by atoms with Crippen molar-refractivity contribution in [3.8, 4) is 11.5 Å². The molecule has 2 aromatic rings. The summed E-state index contributed by atoms with van der Waals surface area (Å²) in [7, 11) is 3.08. The van der Waals surface area contributed by atoms with Gasteiger partial charge in [0.15, 0.2) is 0 Å². The molecule has 0 aromatic heterocycles. The number of hydrogen-bond donors (Lipinski definition) is 0. The maximum Gasteiger partial charge on any atom is 0.263 e. The van der Waals surface area contributed by atoms with Gasteiger partial charge < -0.3 is 9.47 Å². The number of carbonyl (C=O) groups is 2. The molecular weight excluding hydrogens is 356 g/mol. The first kappa shape index (κ1) is 18.1. The van der Waals surface area contributed by atoms with Crippen LogP contribution in [0.5, 0.6) is 11.5 Å². The van der Waals surface area contributed by atoms with Gasteiger partial charge in [-0.15, -0.1) is 0 Å². The number of amides is 2. The van der Waals surface area contributed by atoms with Crippen LogP contribution in [0.1, 0.15) is 28.8 Å². The maximum absolute atomic E-state index is 13.2. The molecule has 0 fully saturated rings. The van der Waals surface area contributed by atoms with Crippen molar-refractivity contribution in [1.29, 1.82) is 0 Å². The van der Waals surface area contributed by atoms with Crippen LogP contribution in [-0.2, 0) is 11.2 Å². The van der Waals surface area contributed by atoms with Gasteiger partial charge in [-0.25, -0.2) is 0 Å². The molecule has 2 aromatic carbocycles. The van der Waals surface area contributed by atoms with E-state index < -0.39 is 6.17 Å². The molecule has 6 nitrogen and oxygen atoms in total. The number of rotatable bonds is 4. The number of carbonyl (C=O) groups excluding carboxylic acids is 2. The minimum absolute atomic E-state index is 0.0267. The lowest BCUT2D eigenvalue weighted by molar-refractivity contribution is -0.119. The van der Waals surface area contributed by atoms with Crippen LogP contribution >= 0.6 is 0 Å². The zero-order valence-electron chi connectivity index (χ0n) is 15.9. The minimum Gasteiger partial charge on any atom is -0.497 e. The summed E-state index contributed by atoms with van der Waals surface area (Å²) >= 11 is 0. The summed E-state index contributed by atoms with van der Waals surface area (Å²) in [5.74, 6) is 0.854. The Bertz CT molecular complexity index is 953. The van der Waals surface area contributed by atoms with Gasteiger partial charge in [0.05, 0.1) is 19.8 Å². The van der Waals surface area contributed by atoms with Crippen molar-refractivity contribution in [3.05, 3.63) is 65.9 Å². The largest absolute Gasteiger partial charge is 0.497 e. The Balaban J connectivity index is 1.66. The summed E-state index contributed by atoms with van der Waals surface area (Å²) in [5, 5.41) is 0. The number of aryl methyl sites for hydroxylation is 1. The predicted molar refractivity (Wildman–Crippen MR) is 106 cm³/mol. The molecule has 0 radical (unpaired) electrons. The monoisotopic (exact) mass is 378 g/mol. The van der Waals surface area contributed by atoms with E-state index in [0.717, 1.165) is 24.1 Å². The topological polar surface area (TPSA) is 59.1 Å². The van der Waals surface area contributed by atoms with Gasteiger partial charge >= 0.3 is 0 Å². The molecular formula is C22H22N2O4. The minimum atomic E-state index is -0.439. The summed E-state index contributed by atoms with van der Waals surface area (Å²) in [5.41, 5.74) is 2.43. The highest BCUT2D eigenvalue weighted by atomic mass is 16.5. The van der Waals surface area contributed by atoms with Gasteiger partial charge in [0.1, 0.15) is 17.7 Å². The van der Waals surface area contributed by atoms with Gasteiger partial charge in [-0.2, -0.15) is 0 Å². The molecule has 0 bridgehead atoms. The second-order valence-electron chi connectivity index (χ2n) is 6.78. The van der Waals surface area contributed by atoms with Crippen LogP contribution in [0, 0.1) is 0 Å². The van der Waals surface area contributed by atoms with E-state index in [2.05, 4.69) is 0 Å². The van der Waals surface area contributed by atoms with Crippen molar-refractivity contribution in [3.63, 3.8) is 0 Å². The molecule has 0 saturated heterocycles. The van der Waals surface area contributed by atoms with Crippen molar-refractivity contribution in [2.45, 2.75) is 25.4 Å². The van der Waals surface area contributed by atoms with Crippen LogP contribution < -0.4 is 14.4 Å². The zero-order chi connectivity index (χ0) is 19.7. The fourth-order valence-corrected chi connectivity index (χ4v) is 3.69. The van der Waals surface area contributed by atoms with E-state index in [4.69, 9.17) is 9.47 Å². The third kappa shape index (κ3) is 3.01. The Labute approximate surface area is 164 Å². The first-order valence-corrected chi connectivity index (χ1v) is 9.27. The Hall–Kier alpha value is -3.28. The highest BCUT2D eigenvalue weighted by Crippen LogP contribution is 2.34. The average molecular weight is 378 g/mol. The van der Waals surface area contributed by atoms with Gasteiger partial charge in [0.2, 0.25) is 5.91 Å². The summed E-state index contributed by atoms with van der Waals surface area (Å²) in [6.07, 6.45) is 5.27. The van der Waals surface area contributed by atoms with Crippen LogP contribution in [0.3, 0.4) is 0 Å². The highest BCUT2D eigenvalue weighted by Gasteiger charge is 2.38. The first-order chi connectivity index (χ1) is 13.6. The second kappa shape index (κ2) is 7.38. The van der Waals surface area contributed by atoms with Crippen molar-refractivity contribution >= 4 is 17.5 Å². The number of fused-ring (bicyclic) bond motifs is 1. The number of ether oxygens (including phenoxy) is 2. The fraction of sp³-hybridized carbons (Fsp3) is 0.273. The van der Waals surface area contributed by atoms with Crippen LogP contribution in [0.4, 0.5) is 5.69 Å². The predicted octanol–water partition coefficient (Wildman–Crippen LogP) is 3.37. The normalized spacial score (nSPS) is 18.2. The third-order valence-corrected chi connectivity index (χ3v) is 5.20. The van der Waals surface area contributed by atoms with E-state index in [1.54, 1.807) is 41.3 Å². The zero-order valence-corrected chi connectivity index (χ0v) is 15.9. The van der Waals surface area contributed by atoms with Gasteiger partial charge in [-0.05, 0) is 42.7 Å². The highest BCUT2D eigenvalue weighted by molar-refractivity contribution is 6.01. The molecule has 2 aliphatic rings. The fourth-order valence-electron chi connectivity index (χ4n) is 3.69. The molecule has 4 rings (SSSR count). The number of nitrogens with zero attached hydrogens (tertiary/aromatic N) is 2. The number of hydrogen-bond acceptors (Lipinski definition) is 4. The number of methoxy groups -OCH3 is 2. The number of para-hydroxylation sites is 1. The molecule has 2 heterocycles. The van der Waals surface area contributed by atoms with E-state index in [0.29, 0.717) is 23.5 Å². The van der Waals surface area contributed by atoms with E-state index in [9.17, 15) is 9.59 Å². The van der Waals surface area contributed by atoms with E-state index >= 15 is 0 Å². The maximum atomic E-state index is 13.2. The Morgan fingerprint density at radius 3 is 2.61 bits per heavy atom. The van der Waals surface area contributed by atoms with Crippen molar-refractivity contribution in [2.75, 3.05) is 19.1 Å². The van der Waals surface area contributed by atoms with Gasteiger partial charge in [0.25, 0.3) is 5.91 Å². The molecule has 0 spiro atoms. The van der Waals surface area contributed by atoms with E-state index in [1.807, 2.05) is 30.3 Å². The molecule has 28 heavy (non-hydrogen) atoms. The van der Waals surface area contributed by atoms with Crippen LogP contribution in [0.15, 0.2) is 54.7 Å². The SMILES string of the molecule is COc1ccc(C(=O)N2C=CC2N2C(=O)CCCc3ccccc32)c(OC)c1. The molecule has 0 N–H and O–H groups in total. The quantitative estimate of drug-likeness (QED) is 0.819. The molecule has 0 aliphatic carbocycles. The molecule has 2 amide bonds. The van der Waals surface area contributed by atoms with Gasteiger partial charge in [-0.3, -0.25) is 19.4 Å². The van der Waals surface area contributed by atoms with E-state index in [-0.39, 0.29) is 11.8 Å². The Morgan fingerprint density at radius 1 is 1.07 bits per heavy atom. The summed E-state index contributed by atoms with van der Waals surface area (Å²) < 4.78 is 10.6. The lowest BCUT2D eigenvalue weighted by Gasteiger charge is -2.41. The Morgan fingerprint density at radius 2 is 1.89 bits per heavy atom. The number of benzene rings is 2.